The van der Waals surface area contributed by atoms with Crippen LogP contribution in [0.5, 0.6) is 0 Å². The molecule has 0 bridgehead atoms. The van der Waals surface area contributed by atoms with Crippen molar-refractivity contribution in [1.82, 2.24) is 20.3 Å². The van der Waals surface area contributed by atoms with E-state index in [9.17, 15) is 0 Å². The van der Waals surface area contributed by atoms with Gasteiger partial charge in [-0.3, -0.25) is 0 Å². The molecule has 0 fully saturated rings. The van der Waals surface area contributed by atoms with E-state index < -0.39 is 0 Å². The van der Waals surface area contributed by atoms with Gasteiger partial charge >= 0.3 is 0 Å². The molecule has 0 aliphatic rings. The summed E-state index contributed by atoms with van der Waals surface area (Å²) >= 11 is 0. The molecule has 106 valence electrons. The predicted octanol–water partition coefficient (Wildman–Crippen LogP) is 2.60. The molecule has 4 nitrogen and oxygen atoms in total. The van der Waals surface area contributed by atoms with E-state index in [-0.39, 0.29) is 0 Å². The first kappa shape index (κ1) is 13.5. The number of aromatic nitrogens is 3. The van der Waals surface area contributed by atoms with Crippen LogP contribution < -0.4 is 5.32 Å². The van der Waals surface area contributed by atoms with Crippen LogP contribution in [0.1, 0.15) is 11.3 Å². The van der Waals surface area contributed by atoms with Crippen molar-refractivity contribution in [2.75, 3.05) is 6.54 Å². The smallest absolute Gasteiger partial charge is 0.0969 e. The van der Waals surface area contributed by atoms with Crippen molar-refractivity contribution in [2.45, 2.75) is 13.0 Å². The number of hydrogen-bond donors (Lipinski definition) is 1. The average molecular weight is 278 g/mol. The number of rotatable bonds is 6. The lowest BCUT2D eigenvalue weighted by Gasteiger charge is -2.02. The summed E-state index contributed by atoms with van der Waals surface area (Å²) in [5.74, 6) is 0. The average Bonchev–Trinajstić information content (AvgIpc) is 3.02. The number of para-hydroxylation sites is 1. The topological polar surface area (TPSA) is 42.7 Å². The van der Waals surface area contributed by atoms with Gasteiger partial charge in [0.25, 0.3) is 0 Å². The lowest BCUT2D eigenvalue weighted by Crippen LogP contribution is -2.17. The zero-order valence-electron chi connectivity index (χ0n) is 11.8. The highest BCUT2D eigenvalue weighted by atomic mass is 15.5. The zero-order chi connectivity index (χ0) is 14.3. The molecule has 0 spiro atoms. The summed E-state index contributed by atoms with van der Waals surface area (Å²) < 4.78 is 0. The van der Waals surface area contributed by atoms with Crippen LogP contribution in [0.15, 0.2) is 66.9 Å². The minimum absolute atomic E-state index is 0.736. The number of hydrogen-bond acceptors (Lipinski definition) is 3. The highest BCUT2D eigenvalue weighted by Gasteiger charge is 2.02. The Bertz CT molecular complexity index is 662. The third kappa shape index (κ3) is 3.77. The van der Waals surface area contributed by atoms with E-state index in [0.29, 0.717) is 0 Å². The van der Waals surface area contributed by atoms with Crippen molar-refractivity contribution >= 4 is 0 Å². The summed E-state index contributed by atoms with van der Waals surface area (Å²) in [7, 11) is 0. The van der Waals surface area contributed by atoms with Gasteiger partial charge < -0.3 is 5.32 Å². The molecule has 0 atom stereocenters. The molecular weight excluding hydrogens is 260 g/mol. The van der Waals surface area contributed by atoms with Crippen molar-refractivity contribution in [3.63, 3.8) is 0 Å². The quantitative estimate of drug-likeness (QED) is 0.705. The molecule has 2 aromatic carbocycles. The molecule has 0 aliphatic heterocycles. The zero-order valence-corrected chi connectivity index (χ0v) is 11.8. The van der Waals surface area contributed by atoms with Crippen molar-refractivity contribution in [3.05, 3.63) is 78.1 Å². The fourth-order valence-corrected chi connectivity index (χ4v) is 2.16. The van der Waals surface area contributed by atoms with E-state index in [4.69, 9.17) is 0 Å². The van der Waals surface area contributed by atoms with Crippen molar-refractivity contribution in [3.8, 4) is 5.69 Å². The summed E-state index contributed by atoms with van der Waals surface area (Å²) in [6.07, 6.45) is 2.83. The molecule has 0 radical (unpaired) electrons. The van der Waals surface area contributed by atoms with Gasteiger partial charge in [0.15, 0.2) is 0 Å². The van der Waals surface area contributed by atoms with Gasteiger partial charge in [-0.25, -0.2) is 0 Å². The Morgan fingerprint density at radius 3 is 2.38 bits per heavy atom. The molecule has 1 heterocycles. The van der Waals surface area contributed by atoms with E-state index in [1.54, 1.807) is 4.80 Å². The van der Waals surface area contributed by atoms with Crippen LogP contribution in [0.25, 0.3) is 5.69 Å². The summed E-state index contributed by atoms with van der Waals surface area (Å²) in [6.45, 7) is 1.67. The molecule has 4 heteroatoms. The van der Waals surface area contributed by atoms with Gasteiger partial charge in [-0.1, -0.05) is 48.5 Å². The Hall–Kier alpha value is -2.46. The minimum atomic E-state index is 0.736. The first-order chi connectivity index (χ1) is 10.4. The number of nitrogens with zero attached hydrogens (tertiary/aromatic N) is 3. The molecule has 0 saturated heterocycles. The van der Waals surface area contributed by atoms with E-state index >= 15 is 0 Å². The van der Waals surface area contributed by atoms with Crippen LogP contribution in [-0.2, 0) is 13.0 Å². The molecule has 21 heavy (non-hydrogen) atoms. The largest absolute Gasteiger partial charge is 0.311 e. The lowest BCUT2D eigenvalue weighted by atomic mass is 10.1. The third-order valence-corrected chi connectivity index (χ3v) is 3.27. The van der Waals surface area contributed by atoms with Crippen LogP contribution in [0.3, 0.4) is 0 Å². The highest BCUT2D eigenvalue weighted by Crippen LogP contribution is 2.04. The number of benzene rings is 2. The fraction of sp³-hybridized carbons (Fsp3) is 0.176. The molecular formula is C17H18N4. The maximum Gasteiger partial charge on any atom is 0.0969 e. The van der Waals surface area contributed by atoms with Gasteiger partial charge in [-0.15, -0.1) is 0 Å². The second-order valence-electron chi connectivity index (χ2n) is 4.87. The molecule has 1 N–H and O–H groups in total. The lowest BCUT2D eigenvalue weighted by molar-refractivity contribution is 0.660. The fourth-order valence-electron chi connectivity index (χ4n) is 2.16. The second kappa shape index (κ2) is 6.81. The Morgan fingerprint density at radius 2 is 1.62 bits per heavy atom. The molecule has 0 amide bonds. The van der Waals surface area contributed by atoms with Crippen LogP contribution in [-0.4, -0.2) is 21.5 Å². The second-order valence-corrected chi connectivity index (χ2v) is 4.87. The molecule has 3 rings (SSSR count). The molecule has 0 aliphatic carbocycles. The maximum absolute atomic E-state index is 4.47. The van der Waals surface area contributed by atoms with Crippen molar-refractivity contribution in [1.29, 1.82) is 0 Å². The van der Waals surface area contributed by atoms with Crippen LogP contribution >= 0.6 is 0 Å². The summed E-state index contributed by atoms with van der Waals surface area (Å²) in [4.78, 5) is 1.66. The maximum atomic E-state index is 4.47. The van der Waals surface area contributed by atoms with Crippen LogP contribution in [0.2, 0.25) is 0 Å². The van der Waals surface area contributed by atoms with Crippen LogP contribution in [0.4, 0.5) is 0 Å². The SMILES string of the molecule is c1ccc(CCNCc2cnn(-c3ccccc3)n2)cc1. The van der Waals surface area contributed by atoms with Gasteiger partial charge in [0.05, 0.1) is 17.6 Å². The standard InChI is InChI=1S/C17H18N4/c1-3-7-15(8-4-1)11-12-18-13-16-14-19-21(20-16)17-9-5-2-6-10-17/h1-10,14,18H,11-13H2. The normalized spacial score (nSPS) is 10.7. The van der Waals surface area contributed by atoms with Crippen LogP contribution in [0, 0.1) is 0 Å². The summed E-state index contributed by atoms with van der Waals surface area (Å²) in [5, 5.41) is 12.2. The van der Waals surface area contributed by atoms with E-state index in [1.807, 2.05) is 42.6 Å². The van der Waals surface area contributed by atoms with Crippen molar-refractivity contribution in [2.24, 2.45) is 0 Å². The van der Waals surface area contributed by atoms with Gasteiger partial charge in [-0.2, -0.15) is 15.0 Å². The van der Waals surface area contributed by atoms with Gasteiger partial charge in [0.1, 0.15) is 0 Å². The summed E-state index contributed by atoms with van der Waals surface area (Å²) in [5.41, 5.74) is 3.28. The molecule has 0 unspecified atom stereocenters. The van der Waals surface area contributed by atoms with E-state index in [2.05, 4.69) is 39.8 Å². The molecule has 0 saturated carbocycles. The highest BCUT2D eigenvalue weighted by molar-refractivity contribution is 5.28. The minimum Gasteiger partial charge on any atom is -0.311 e. The molecule has 3 aromatic rings. The molecule has 1 aromatic heterocycles. The Balaban J connectivity index is 1.49. The monoisotopic (exact) mass is 278 g/mol. The van der Waals surface area contributed by atoms with E-state index in [0.717, 1.165) is 30.9 Å². The van der Waals surface area contributed by atoms with Gasteiger partial charge in [0.2, 0.25) is 0 Å². The van der Waals surface area contributed by atoms with Crippen molar-refractivity contribution < 1.29 is 0 Å². The predicted molar refractivity (Wildman–Crippen MR) is 83.2 cm³/mol. The Labute approximate surface area is 124 Å². The first-order valence-corrected chi connectivity index (χ1v) is 7.13. The summed E-state index contributed by atoms with van der Waals surface area (Å²) in [6, 6.07) is 20.4. The first-order valence-electron chi connectivity index (χ1n) is 7.13. The van der Waals surface area contributed by atoms with E-state index in [1.165, 1.54) is 5.56 Å². The third-order valence-electron chi connectivity index (χ3n) is 3.27. The van der Waals surface area contributed by atoms with Gasteiger partial charge in [-0.05, 0) is 30.7 Å². The van der Waals surface area contributed by atoms with Gasteiger partial charge in [0, 0.05) is 6.54 Å². The number of nitrogens with one attached hydrogen (secondary N) is 1. The Kier molecular flexibility index (Phi) is 4.39. The Morgan fingerprint density at radius 1 is 0.905 bits per heavy atom.